The normalized spacial score (nSPS) is 16.7. The van der Waals surface area contributed by atoms with Gasteiger partial charge in [-0.05, 0) is 58.0 Å². The van der Waals surface area contributed by atoms with Crippen LogP contribution in [0.15, 0.2) is 12.1 Å². The zero-order valence-corrected chi connectivity index (χ0v) is 12.8. The molecule has 1 N–H and O–H groups in total. The van der Waals surface area contributed by atoms with Crippen LogP contribution in [0.2, 0.25) is 0 Å². The third-order valence-corrected chi connectivity index (χ3v) is 4.01. The van der Waals surface area contributed by atoms with Gasteiger partial charge >= 0.3 is 0 Å². The lowest BCUT2D eigenvalue weighted by Gasteiger charge is -2.27. The minimum absolute atomic E-state index is 0.356. The molecular weight excluding hydrogens is 236 g/mol. The van der Waals surface area contributed by atoms with Gasteiger partial charge in [-0.25, -0.2) is 0 Å². The largest absolute Gasteiger partial charge is 0.496 e. The second-order valence-corrected chi connectivity index (χ2v) is 5.84. The van der Waals surface area contributed by atoms with Gasteiger partial charge in [0.1, 0.15) is 5.75 Å². The fourth-order valence-corrected chi connectivity index (χ4v) is 2.39. The average molecular weight is 262 g/mol. The molecule has 0 heterocycles. The van der Waals surface area contributed by atoms with Crippen LogP contribution in [-0.4, -0.2) is 38.7 Å². The van der Waals surface area contributed by atoms with Crippen LogP contribution >= 0.6 is 0 Å². The smallest absolute Gasteiger partial charge is 0.123 e. The van der Waals surface area contributed by atoms with Crippen LogP contribution in [0, 0.1) is 13.8 Å². The van der Waals surface area contributed by atoms with E-state index in [9.17, 15) is 0 Å². The zero-order chi connectivity index (χ0) is 14.0. The summed E-state index contributed by atoms with van der Waals surface area (Å²) < 4.78 is 5.58. The predicted molar refractivity (Wildman–Crippen MR) is 79.9 cm³/mol. The Labute approximate surface area is 116 Å². The van der Waals surface area contributed by atoms with Gasteiger partial charge in [-0.3, -0.25) is 0 Å². The molecule has 19 heavy (non-hydrogen) atoms. The van der Waals surface area contributed by atoms with Gasteiger partial charge in [0.2, 0.25) is 0 Å². The Morgan fingerprint density at radius 2 is 1.89 bits per heavy atom. The standard InChI is InChI=1S/C16H26N2O/c1-11-8-14(16(19-5)9-12(11)2)15(18(3)4)10-17-13-6-7-13/h8-9,13,15,17H,6-7,10H2,1-5H3. The van der Waals surface area contributed by atoms with E-state index in [0.717, 1.165) is 18.3 Å². The van der Waals surface area contributed by atoms with E-state index in [4.69, 9.17) is 4.74 Å². The molecule has 1 fully saturated rings. The molecule has 0 radical (unpaired) electrons. The van der Waals surface area contributed by atoms with E-state index in [2.05, 4.69) is 50.3 Å². The van der Waals surface area contributed by atoms with E-state index in [1.807, 2.05) is 0 Å². The van der Waals surface area contributed by atoms with Crippen molar-refractivity contribution < 1.29 is 4.74 Å². The molecule has 3 heteroatoms. The van der Waals surface area contributed by atoms with Gasteiger partial charge in [0.15, 0.2) is 0 Å². The van der Waals surface area contributed by atoms with Gasteiger partial charge in [0.05, 0.1) is 13.2 Å². The Bertz CT molecular complexity index is 439. The molecule has 1 aliphatic carbocycles. The Kier molecular flexibility index (Phi) is 4.48. The summed E-state index contributed by atoms with van der Waals surface area (Å²) in [7, 11) is 6.02. The molecule has 0 aliphatic heterocycles. The highest BCUT2D eigenvalue weighted by molar-refractivity contribution is 5.43. The second kappa shape index (κ2) is 5.93. The van der Waals surface area contributed by atoms with E-state index in [-0.39, 0.29) is 0 Å². The molecule has 0 aromatic heterocycles. The van der Waals surface area contributed by atoms with Crippen LogP contribution in [0.4, 0.5) is 0 Å². The Hall–Kier alpha value is -1.06. The maximum atomic E-state index is 5.58. The molecule has 0 bridgehead atoms. The highest BCUT2D eigenvalue weighted by Gasteiger charge is 2.25. The van der Waals surface area contributed by atoms with Crippen LogP contribution in [0.25, 0.3) is 0 Å². The zero-order valence-electron chi connectivity index (χ0n) is 12.8. The molecule has 1 saturated carbocycles. The molecule has 106 valence electrons. The Morgan fingerprint density at radius 3 is 2.42 bits per heavy atom. The van der Waals surface area contributed by atoms with Gasteiger partial charge < -0.3 is 15.0 Å². The molecule has 2 rings (SSSR count). The Morgan fingerprint density at radius 1 is 1.26 bits per heavy atom. The Balaban J connectivity index is 2.25. The first-order chi connectivity index (χ1) is 9.02. The minimum Gasteiger partial charge on any atom is -0.496 e. The summed E-state index contributed by atoms with van der Waals surface area (Å²) in [5.41, 5.74) is 3.89. The number of hydrogen-bond donors (Lipinski definition) is 1. The molecule has 1 aromatic rings. The average Bonchev–Trinajstić information content (AvgIpc) is 3.17. The molecular formula is C16H26N2O. The van der Waals surface area contributed by atoms with Crippen molar-refractivity contribution >= 4 is 0 Å². The van der Waals surface area contributed by atoms with Crippen molar-refractivity contribution in [2.75, 3.05) is 27.7 Å². The van der Waals surface area contributed by atoms with Crippen LogP contribution in [0.3, 0.4) is 0 Å². The van der Waals surface area contributed by atoms with Crippen LogP contribution in [0.5, 0.6) is 5.75 Å². The van der Waals surface area contributed by atoms with Gasteiger partial charge in [-0.1, -0.05) is 6.07 Å². The fourth-order valence-electron chi connectivity index (χ4n) is 2.39. The summed E-state index contributed by atoms with van der Waals surface area (Å²) in [4.78, 5) is 2.27. The molecule has 3 nitrogen and oxygen atoms in total. The van der Waals surface area contributed by atoms with Crippen molar-refractivity contribution in [3.63, 3.8) is 0 Å². The summed E-state index contributed by atoms with van der Waals surface area (Å²) in [6.07, 6.45) is 2.65. The molecule has 1 aliphatic rings. The summed E-state index contributed by atoms with van der Waals surface area (Å²) in [6.45, 7) is 5.28. The monoisotopic (exact) mass is 262 g/mol. The first kappa shape index (κ1) is 14.4. The van der Waals surface area contributed by atoms with E-state index in [1.54, 1.807) is 7.11 Å². The minimum atomic E-state index is 0.356. The van der Waals surface area contributed by atoms with E-state index < -0.39 is 0 Å². The lowest BCUT2D eigenvalue weighted by atomic mass is 9.98. The van der Waals surface area contributed by atoms with Gasteiger partial charge in [0, 0.05) is 18.2 Å². The quantitative estimate of drug-likeness (QED) is 0.853. The first-order valence-corrected chi connectivity index (χ1v) is 7.08. The highest BCUT2D eigenvalue weighted by atomic mass is 16.5. The number of hydrogen-bond acceptors (Lipinski definition) is 3. The van der Waals surface area contributed by atoms with Crippen molar-refractivity contribution in [2.24, 2.45) is 0 Å². The van der Waals surface area contributed by atoms with Crippen molar-refractivity contribution in [3.05, 3.63) is 28.8 Å². The van der Waals surface area contributed by atoms with Gasteiger partial charge in [0.25, 0.3) is 0 Å². The summed E-state index contributed by atoms with van der Waals surface area (Å²) >= 11 is 0. The molecule has 1 unspecified atom stereocenters. The van der Waals surface area contributed by atoms with Crippen molar-refractivity contribution in [3.8, 4) is 5.75 Å². The topological polar surface area (TPSA) is 24.5 Å². The molecule has 0 saturated heterocycles. The van der Waals surface area contributed by atoms with Crippen LogP contribution in [-0.2, 0) is 0 Å². The number of benzene rings is 1. The van der Waals surface area contributed by atoms with E-state index in [1.165, 1.54) is 29.5 Å². The predicted octanol–water partition coefficient (Wildman–Crippen LogP) is 2.67. The van der Waals surface area contributed by atoms with Gasteiger partial charge in [-0.2, -0.15) is 0 Å². The SMILES string of the molecule is COc1cc(C)c(C)cc1C(CNC1CC1)N(C)C. The summed E-state index contributed by atoms with van der Waals surface area (Å²) in [6, 6.07) is 5.51. The van der Waals surface area contributed by atoms with Gasteiger partial charge in [-0.15, -0.1) is 0 Å². The number of ether oxygens (including phenoxy) is 1. The van der Waals surface area contributed by atoms with Crippen LogP contribution in [0.1, 0.15) is 35.6 Å². The van der Waals surface area contributed by atoms with E-state index >= 15 is 0 Å². The maximum absolute atomic E-state index is 5.58. The number of aryl methyl sites for hydroxylation is 2. The molecule has 0 spiro atoms. The van der Waals surface area contributed by atoms with E-state index in [0.29, 0.717) is 6.04 Å². The second-order valence-electron chi connectivity index (χ2n) is 5.84. The summed E-state index contributed by atoms with van der Waals surface area (Å²) in [5.74, 6) is 0.999. The molecule has 1 atom stereocenters. The van der Waals surface area contributed by atoms with Crippen molar-refractivity contribution in [1.82, 2.24) is 10.2 Å². The van der Waals surface area contributed by atoms with Crippen molar-refractivity contribution in [2.45, 2.75) is 38.8 Å². The highest BCUT2D eigenvalue weighted by Crippen LogP contribution is 2.31. The lowest BCUT2D eigenvalue weighted by Crippen LogP contribution is -2.32. The number of methoxy groups -OCH3 is 1. The summed E-state index contributed by atoms with van der Waals surface area (Å²) in [5, 5.41) is 3.62. The number of likely N-dealkylation sites (N-methyl/N-ethyl adjacent to an activating group) is 1. The van der Waals surface area contributed by atoms with Crippen molar-refractivity contribution in [1.29, 1.82) is 0 Å². The third-order valence-electron chi connectivity index (χ3n) is 4.01. The van der Waals surface area contributed by atoms with Crippen LogP contribution < -0.4 is 10.1 Å². The molecule has 1 aromatic carbocycles. The molecule has 0 amide bonds. The lowest BCUT2D eigenvalue weighted by molar-refractivity contribution is 0.278. The maximum Gasteiger partial charge on any atom is 0.123 e. The number of rotatable bonds is 6. The third kappa shape index (κ3) is 3.48. The fraction of sp³-hybridized carbons (Fsp3) is 0.625. The number of nitrogens with zero attached hydrogens (tertiary/aromatic N) is 1. The number of nitrogens with one attached hydrogen (secondary N) is 1. The first-order valence-electron chi connectivity index (χ1n) is 7.08.